The van der Waals surface area contributed by atoms with Crippen LogP contribution < -0.4 is 10.5 Å². The second kappa shape index (κ2) is 5.48. The lowest BCUT2D eigenvalue weighted by molar-refractivity contribution is -0.122. The Bertz CT molecular complexity index is 413. The highest BCUT2D eigenvalue weighted by Crippen LogP contribution is 2.45. The Labute approximate surface area is 105 Å². The first-order chi connectivity index (χ1) is 8.23. The maximum Gasteiger partial charge on any atom is 0.254 e. The third kappa shape index (κ3) is 3.61. The summed E-state index contributed by atoms with van der Waals surface area (Å²) in [5.74, 6) is -2.46. The Kier molecular flexibility index (Phi) is 4.66. The van der Waals surface area contributed by atoms with Gasteiger partial charge >= 0.3 is 0 Å². The fourth-order valence-electron chi connectivity index (χ4n) is 1.71. The first-order valence-corrected chi connectivity index (χ1v) is 7.50. The van der Waals surface area contributed by atoms with Crippen LogP contribution in [-0.2, 0) is 14.8 Å². The minimum Gasteiger partial charge on any atom is -0.317 e. The van der Waals surface area contributed by atoms with Crippen molar-refractivity contribution in [3.63, 3.8) is 0 Å². The number of carbonyl (C=O) groups excluding carboxylic acids is 1. The Morgan fingerprint density at radius 2 is 2.11 bits per heavy atom. The summed E-state index contributed by atoms with van der Waals surface area (Å²) in [7, 11) is -3.77. The van der Waals surface area contributed by atoms with Gasteiger partial charge in [-0.15, -0.1) is 0 Å². The third-order valence-electron chi connectivity index (χ3n) is 3.05. The van der Waals surface area contributed by atoms with Crippen molar-refractivity contribution in [1.29, 1.82) is 0 Å². The maximum atomic E-state index is 12.3. The van der Waals surface area contributed by atoms with E-state index < -0.39 is 33.8 Å². The first-order valence-electron chi connectivity index (χ1n) is 5.85. The predicted octanol–water partition coefficient (Wildman–Crippen LogP) is 0.605. The lowest BCUT2D eigenvalue weighted by Gasteiger charge is -2.12. The van der Waals surface area contributed by atoms with Gasteiger partial charge in [-0.2, -0.15) is 0 Å². The number of hydrogen-bond donors (Lipinski definition) is 2. The third-order valence-corrected chi connectivity index (χ3v) is 4.37. The van der Waals surface area contributed by atoms with E-state index in [9.17, 15) is 22.0 Å². The number of halogens is 2. The highest BCUT2D eigenvalue weighted by atomic mass is 32.2. The molecule has 0 unspecified atom stereocenters. The van der Waals surface area contributed by atoms with Crippen LogP contribution in [0.25, 0.3) is 0 Å². The fourth-order valence-corrected chi connectivity index (χ4v) is 2.87. The van der Waals surface area contributed by atoms with Gasteiger partial charge in [0.05, 0.1) is 5.75 Å². The zero-order chi connectivity index (χ0) is 14.0. The maximum absolute atomic E-state index is 12.3. The molecule has 1 aliphatic rings. The molecule has 0 aliphatic heterocycles. The first kappa shape index (κ1) is 15.3. The zero-order valence-electron chi connectivity index (χ0n) is 10.2. The molecule has 1 aliphatic carbocycles. The van der Waals surface area contributed by atoms with E-state index in [1.165, 1.54) is 0 Å². The van der Waals surface area contributed by atoms with Crippen molar-refractivity contribution in [2.24, 2.45) is 11.7 Å². The van der Waals surface area contributed by atoms with E-state index in [1.807, 2.05) is 6.92 Å². The Balaban J connectivity index is 2.50. The van der Waals surface area contributed by atoms with Gasteiger partial charge in [-0.3, -0.25) is 9.52 Å². The van der Waals surface area contributed by atoms with Gasteiger partial charge in [0.1, 0.15) is 5.54 Å². The molecule has 1 fully saturated rings. The van der Waals surface area contributed by atoms with E-state index in [1.54, 1.807) is 4.72 Å². The second-order valence-corrected chi connectivity index (χ2v) is 6.48. The predicted molar refractivity (Wildman–Crippen MR) is 62.5 cm³/mol. The normalized spacial score (nSPS) is 27.3. The molecule has 0 aromatic rings. The average molecular weight is 284 g/mol. The quantitative estimate of drug-likeness (QED) is 0.670. The molecule has 3 N–H and O–H groups in total. The molecule has 0 radical (unpaired) electrons. The largest absolute Gasteiger partial charge is 0.317 e. The molecule has 5 nitrogen and oxygen atoms in total. The Hall–Kier alpha value is -0.760. The molecule has 0 heterocycles. The van der Waals surface area contributed by atoms with Gasteiger partial charge in [-0.1, -0.05) is 19.8 Å². The molecule has 1 rings (SSSR count). The lowest BCUT2D eigenvalue weighted by atomic mass is 10.2. The van der Waals surface area contributed by atoms with Gasteiger partial charge in [-0.05, 0) is 12.8 Å². The number of carbonyl (C=O) groups is 1. The Morgan fingerprint density at radius 3 is 2.56 bits per heavy atom. The summed E-state index contributed by atoms with van der Waals surface area (Å²) in [6.45, 7) is 1.91. The smallest absolute Gasteiger partial charge is 0.254 e. The molecule has 0 spiro atoms. The molecule has 0 bridgehead atoms. The van der Waals surface area contributed by atoms with Crippen LogP contribution in [0.4, 0.5) is 8.78 Å². The molecular formula is C10H18F2N2O3S. The molecular weight excluding hydrogens is 266 g/mol. The van der Waals surface area contributed by atoms with Crippen LogP contribution >= 0.6 is 0 Å². The summed E-state index contributed by atoms with van der Waals surface area (Å²) in [5, 5.41) is 0. The molecule has 8 heteroatoms. The van der Waals surface area contributed by atoms with Crippen molar-refractivity contribution in [3.05, 3.63) is 0 Å². The molecule has 0 aromatic carbocycles. The van der Waals surface area contributed by atoms with E-state index in [0.29, 0.717) is 6.42 Å². The van der Waals surface area contributed by atoms with Crippen LogP contribution in [0, 0.1) is 5.92 Å². The van der Waals surface area contributed by atoms with Gasteiger partial charge in [0.2, 0.25) is 16.4 Å². The average Bonchev–Trinajstić information content (AvgIpc) is 2.92. The summed E-state index contributed by atoms with van der Waals surface area (Å²) in [6, 6.07) is 0. The second-order valence-electron chi connectivity index (χ2n) is 4.64. The van der Waals surface area contributed by atoms with E-state index in [-0.39, 0.29) is 12.2 Å². The zero-order valence-corrected chi connectivity index (χ0v) is 11.0. The topological polar surface area (TPSA) is 89.3 Å². The number of alkyl halides is 2. The van der Waals surface area contributed by atoms with Crippen LogP contribution in [0.5, 0.6) is 0 Å². The van der Waals surface area contributed by atoms with Gasteiger partial charge in [0.15, 0.2) is 0 Å². The van der Waals surface area contributed by atoms with Crippen molar-refractivity contribution in [2.45, 2.75) is 44.6 Å². The van der Waals surface area contributed by atoms with Crippen molar-refractivity contribution < 1.29 is 22.0 Å². The molecule has 18 heavy (non-hydrogen) atoms. The van der Waals surface area contributed by atoms with Crippen LogP contribution in [0.15, 0.2) is 0 Å². The number of nitrogens with two attached hydrogens (primary N) is 1. The van der Waals surface area contributed by atoms with Crippen molar-refractivity contribution in [1.82, 2.24) is 4.72 Å². The lowest BCUT2D eigenvalue weighted by Crippen LogP contribution is -2.48. The van der Waals surface area contributed by atoms with Crippen LogP contribution in [-0.4, -0.2) is 32.0 Å². The summed E-state index contributed by atoms with van der Waals surface area (Å²) >= 11 is 0. The Morgan fingerprint density at radius 1 is 1.50 bits per heavy atom. The molecule has 2 atom stereocenters. The minimum atomic E-state index is -3.77. The summed E-state index contributed by atoms with van der Waals surface area (Å²) in [5.41, 5.74) is 3.71. The van der Waals surface area contributed by atoms with E-state index in [0.717, 1.165) is 12.8 Å². The minimum absolute atomic E-state index is 0.180. The summed E-state index contributed by atoms with van der Waals surface area (Å²) < 4.78 is 49.5. The van der Waals surface area contributed by atoms with E-state index in [2.05, 4.69) is 0 Å². The van der Waals surface area contributed by atoms with Crippen LogP contribution in [0.3, 0.4) is 0 Å². The highest BCUT2D eigenvalue weighted by molar-refractivity contribution is 7.90. The standard InChI is InChI=1S/C10H18F2N2O3S/c1-2-3-4-5-18(16,17)14-9(15)10(13)6-7(10)8(11)12/h7-8H,2-6,13H2,1H3,(H,14,15)/t7-,10+/m0/s1. The van der Waals surface area contributed by atoms with Crippen LogP contribution in [0.2, 0.25) is 0 Å². The SMILES string of the molecule is CCCCCS(=O)(=O)NC(=O)[C@@]1(N)C[C@H]1C(F)F. The number of unbranched alkanes of at least 4 members (excludes halogenated alkanes) is 2. The van der Waals surface area contributed by atoms with Crippen molar-refractivity contribution in [3.8, 4) is 0 Å². The van der Waals surface area contributed by atoms with Gasteiger partial charge < -0.3 is 5.73 Å². The van der Waals surface area contributed by atoms with E-state index >= 15 is 0 Å². The summed E-state index contributed by atoms with van der Waals surface area (Å²) in [4.78, 5) is 11.5. The molecule has 1 amide bonds. The highest BCUT2D eigenvalue weighted by Gasteiger charge is 2.62. The molecule has 106 valence electrons. The monoisotopic (exact) mass is 284 g/mol. The van der Waals surface area contributed by atoms with Gasteiger partial charge in [-0.25, -0.2) is 17.2 Å². The fraction of sp³-hybridized carbons (Fsp3) is 0.900. The number of amides is 1. The van der Waals surface area contributed by atoms with Gasteiger partial charge in [0, 0.05) is 5.92 Å². The van der Waals surface area contributed by atoms with Crippen molar-refractivity contribution >= 4 is 15.9 Å². The van der Waals surface area contributed by atoms with Crippen LogP contribution in [0.1, 0.15) is 32.6 Å². The van der Waals surface area contributed by atoms with E-state index in [4.69, 9.17) is 5.73 Å². The number of rotatable bonds is 7. The number of sulfonamides is 1. The summed E-state index contributed by atoms with van der Waals surface area (Å²) in [6.07, 6.45) is -0.889. The molecule has 0 aromatic heterocycles. The van der Waals surface area contributed by atoms with Crippen molar-refractivity contribution in [2.75, 3.05) is 5.75 Å². The molecule has 1 saturated carbocycles. The molecule has 0 saturated heterocycles. The van der Waals surface area contributed by atoms with Gasteiger partial charge in [0.25, 0.3) is 5.91 Å². The number of nitrogens with one attached hydrogen (secondary N) is 1. The number of hydrogen-bond acceptors (Lipinski definition) is 4.